The third-order valence-electron chi connectivity index (χ3n) is 3.08. The maximum Gasteiger partial charge on any atom is 0.223 e. The van der Waals surface area contributed by atoms with Crippen LogP contribution in [0.2, 0.25) is 0 Å². The number of rotatable bonds is 7. The Hall–Kier alpha value is -1.10. The van der Waals surface area contributed by atoms with Crippen molar-refractivity contribution < 1.29 is 14.3 Å². The third-order valence-corrected chi connectivity index (χ3v) is 3.08. The van der Waals surface area contributed by atoms with E-state index in [1.165, 1.54) is 0 Å². The van der Waals surface area contributed by atoms with Gasteiger partial charge in [0.05, 0.1) is 12.1 Å². The highest BCUT2D eigenvalue weighted by Gasteiger charge is 2.38. The Morgan fingerprint density at radius 1 is 1.39 bits per heavy atom. The molecule has 1 rings (SSSR count). The molecule has 0 heterocycles. The SMILES string of the molecule is COCC(C)(C)NC(=O)CCNC(=O)[C@@H]1C[C@H]1C. The van der Waals surface area contributed by atoms with E-state index in [2.05, 4.69) is 17.6 Å². The number of hydrogen-bond acceptors (Lipinski definition) is 3. The van der Waals surface area contributed by atoms with Gasteiger partial charge in [0.15, 0.2) is 0 Å². The summed E-state index contributed by atoms with van der Waals surface area (Å²) in [5, 5.41) is 5.66. The Morgan fingerprint density at radius 2 is 2.00 bits per heavy atom. The van der Waals surface area contributed by atoms with Crippen molar-refractivity contribution in [2.75, 3.05) is 20.3 Å². The van der Waals surface area contributed by atoms with E-state index in [4.69, 9.17) is 4.74 Å². The molecule has 0 aliphatic heterocycles. The summed E-state index contributed by atoms with van der Waals surface area (Å²) >= 11 is 0. The second kappa shape index (κ2) is 6.18. The summed E-state index contributed by atoms with van der Waals surface area (Å²) in [6.07, 6.45) is 1.28. The van der Waals surface area contributed by atoms with Crippen molar-refractivity contribution in [3.63, 3.8) is 0 Å². The van der Waals surface area contributed by atoms with Gasteiger partial charge in [-0.15, -0.1) is 0 Å². The summed E-state index contributed by atoms with van der Waals surface area (Å²) in [7, 11) is 1.60. The van der Waals surface area contributed by atoms with Crippen molar-refractivity contribution in [3.8, 4) is 0 Å². The lowest BCUT2D eigenvalue weighted by atomic mass is 10.1. The van der Waals surface area contributed by atoms with Crippen LogP contribution in [-0.2, 0) is 14.3 Å². The molecule has 1 aliphatic rings. The normalized spacial score (nSPS) is 22.4. The first-order valence-electron chi connectivity index (χ1n) is 6.43. The quantitative estimate of drug-likeness (QED) is 0.704. The molecular formula is C13H24N2O3. The summed E-state index contributed by atoms with van der Waals surface area (Å²) < 4.78 is 5.02. The summed E-state index contributed by atoms with van der Waals surface area (Å²) in [4.78, 5) is 23.2. The lowest BCUT2D eigenvalue weighted by Gasteiger charge is -2.25. The molecule has 104 valence electrons. The van der Waals surface area contributed by atoms with Crippen molar-refractivity contribution in [3.05, 3.63) is 0 Å². The average molecular weight is 256 g/mol. The number of methoxy groups -OCH3 is 1. The minimum absolute atomic E-state index is 0.0683. The van der Waals surface area contributed by atoms with Crippen LogP contribution >= 0.6 is 0 Å². The Labute approximate surface area is 109 Å². The summed E-state index contributed by atoms with van der Waals surface area (Å²) in [5.74, 6) is 0.671. The number of amides is 2. The first-order valence-corrected chi connectivity index (χ1v) is 6.43. The highest BCUT2D eigenvalue weighted by atomic mass is 16.5. The second-order valence-electron chi connectivity index (χ2n) is 5.73. The van der Waals surface area contributed by atoms with E-state index in [9.17, 15) is 9.59 Å². The predicted molar refractivity (Wildman–Crippen MR) is 69.0 cm³/mol. The zero-order chi connectivity index (χ0) is 13.8. The summed E-state index contributed by atoms with van der Waals surface area (Å²) in [6.45, 7) is 6.73. The van der Waals surface area contributed by atoms with Crippen molar-refractivity contribution in [2.45, 2.75) is 39.2 Å². The summed E-state index contributed by atoms with van der Waals surface area (Å²) in [6, 6.07) is 0. The van der Waals surface area contributed by atoms with Crippen molar-refractivity contribution in [2.24, 2.45) is 11.8 Å². The first kappa shape index (κ1) is 15.0. The number of hydrogen-bond donors (Lipinski definition) is 2. The predicted octanol–water partition coefficient (Wildman–Crippen LogP) is 0.690. The highest BCUT2D eigenvalue weighted by Crippen LogP contribution is 2.37. The Bertz CT molecular complexity index is 315. The van der Waals surface area contributed by atoms with Gasteiger partial charge in [-0.25, -0.2) is 0 Å². The van der Waals surface area contributed by atoms with E-state index in [1.54, 1.807) is 7.11 Å². The van der Waals surface area contributed by atoms with Crippen LogP contribution in [0.25, 0.3) is 0 Å². The Kier molecular flexibility index (Phi) is 5.14. The van der Waals surface area contributed by atoms with E-state index in [-0.39, 0.29) is 23.3 Å². The van der Waals surface area contributed by atoms with E-state index >= 15 is 0 Å². The monoisotopic (exact) mass is 256 g/mol. The maximum absolute atomic E-state index is 11.6. The van der Waals surface area contributed by atoms with E-state index in [0.717, 1.165) is 6.42 Å². The smallest absolute Gasteiger partial charge is 0.223 e. The minimum atomic E-state index is -0.374. The Morgan fingerprint density at radius 3 is 2.50 bits per heavy atom. The van der Waals surface area contributed by atoms with E-state index in [1.807, 2.05) is 13.8 Å². The number of carbonyl (C=O) groups excluding carboxylic acids is 2. The van der Waals surface area contributed by atoms with Crippen LogP contribution in [0.5, 0.6) is 0 Å². The van der Waals surface area contributed by atoms with Gasteiger partial charge in [-0.3, -0.25) is 9.59 Å². The molecule has 18 heavy (non-hydrogen) atoms. The molecule has 0 radical (unpaired) electrons. The van der Waals surface area contributed by atoms with Crippen LogP contribution in [0.4, 0.5) is 0 Å². The van der Waals surface area contributed by atoms with Crippen LogP contribution in [0.1, 0.15) is 33.6 Å². The maximum atomic E-state index is 11.6. The van der Waals surface area contributed by atoms with Gasteiger partial charge in [-0.1, -0.05) is 6.92 Å². The topological polar surface area (TPSA) is 67.4 Å². The molecule has 5 heteroatoms. The fraction of sp³-hybridized carbons (Fsp3) is 0.846. The van der Waals surface area contributed by atoms with Gasteiger partial charge < -0.3 is 15.4 Å². The second-order valence-corrected chi connectivity index (χ2v) is 5.73. The largest absolute Gasteiger partial charge is 0.382 e. The van der Waals surface area contributed by atoms with Gasteiger partial charge in [-0.05, 0) is 26.2 Å². The van der Waals surface area contributed by atoms with Crippen LogP contribution < -0.4 is 10.6 Å². The molecule has 0 bridgehead atoms. The third kappa shape index (κ3) is 5.04. The van der Waals surface area contributed by atoms with Gasteiger partial charge in [0.25, 0.3) is 0 Å². The number of ether oxygens (including phenoxy) is 1. The van der Waals surface area contributed by atoms with Crippen molar-refractivity contribution >= 4 is 11.8 Å². The van der Waals surface area contributed by atoms with Gasteiger partial charge in [0, 0.05) is 26.0 Å². The minimum Gasteiger partial charge on any atom is -0.382 e. The van der Waals surface area contributed by atoms with E-state index in [0.29, 0.717) is 25.5 Å². The first-order chi connectivity index (χ1) is 8.35. The van der Waals surface area contributed by atoms with Crippen LogP contribution in [0.15, 0.2) is 0 Å². The van der Waals surface area contributed by atoms with Gasteiger partial charge in [-0.2, -0.15) is 0 Å². The van der Waals surface area contributed by atoms with Crippen LogP contribution in [0, 0.1) is 11.8 Å². The fourth-order valence-corrected chi connectivity index (χ4v) is 1.95. The van der Waals surface area contributed by atoms with Crippen LogP contribution in [0.3, 0.4) is 0 Å². The highest BCUT2D eigenvalue weighted by molar-refractivity contribution is 5.82. The molecule has 0 aromatic heterocycles. The molecule has 0 aromatic carbocycles. The molecule has 5 nitrogen and oxygen atoms in total. The molecule has 2 N–H and O–H groups in total. The van der Waals surface area contributed by atoms with Crippen molar-refractivity contribution in [1.82, 2.24) is 10.6 Å². The van der Waals surface area contributed by atoms with Crippen LogP contribution in [-0.4, -0.2) is 37.6 Å². The van der Waals surface area contributed by atoms with Gasteiger partial charge in [0.1, 0.15) is 0 Å². The lowest BCUT2D eigenvalue weighted by Crippen LogP contribution is -2.47. The zero-order valence-electron chi connectivity index (χ0n) is 11.7. The molecule has 0 saturated heterocycles. The lowest BCUT2D eigenvalue weighted by molar-refractivity contribution is -0.124. The van der Waals surface area contributed by atoms with E-state index < -0.39 is 0 Å². The molecule has 0 spiro atoms. The fourth-order valence-electron chi connectivity index (χ4n) is 1.95. The molecule has 1 aliphatic carbocycles. The van der Waals surface area contributed by atoms with Gasteiger partial charge in [0.2, 0.25) is 11.8 Å². The molecule has 0 unspecified atom stereocenters. The van der Waals surface area contributed by atoms with Crippen molar-refractivity contribution in [1.29, 1.82) is 0 Å². The Balaban J connectivity index is 2.15. The standard InChI is InChI=1S/C13H24N2O3/c1-9-7-10(9)12(17)14-6-5-11(16)15-13(2,3)8-18-4/h9-10H,5-8H2,1-4H3,(H,14,17)(H,15,16)/t9-,10-/m1/s1. The summed E-state index contributed by atoms with van der Waals surface area (Å²) in [5.41, 5.74) is -0.374. The zero-order valence-corrected chi connectivity index (χ0v) is 11.7. The molecule has 1 fully saturated rings. The molecule has 2 atom stereocenters. The molecular weight excluding hydrogens is 232 g/mol. The number of nitrogens with one attached hydrogen (secondary N) is 2. The average Bonchev–Trinajstić information content (AvgIpc) is 2.94. The van der Waals surface area contributed by atoms with Gasteiger partial charge >= 0.3 is 0 Å². The molecule has 1 saturated carbocycles. The molecule has 2 amide bonds. The molecule has 0 aromatic rings. The number of carbonyl (C=O) groups is 2.